The van der Waals surface area contributed by atoms with Crippen LogP contribution in [0.15, 0.2) is 75.7 Å². The first-order chi connectivity index (χ1) is 17.1. The van der Waals surface area contributed by atoms with E-state index in [-0.39, 0.29) is 11.3 Å². The van der Waals surface area contributed by atoms with Crippen molar-refractivity contribution in [3.05, 3.63) is 116 Å². The highest BCUT2D eigenvalue weighted by Crippen LogP contribution is 2.48. The number of hydrogen-bond donors (Lipinski definition) is 1. The molecule has 4 nitrogen and oxygen atoms in total. The molecule has 0 aliphatic carbocycles. The average molecular weight is 497 g/mol. The SMILES string of the molecule is C=C1Oc2cc(C)c(C)cc2C(C)=C1C(c1ccc(P)cc1)c1c(O)c2cc(C)c(C)cc2oc1=O. The second-order valence-corrected chi connectivity index (χ2v) is 10.3. The molecule has 2 unspecified atom stereocenters. The lowest BCUT2D eigenvalue weighted by atomic mass is 9.79. The van der Waals surface area contributed by atoms with Gasteiger partial charge in [0.15, 0.2) is 0 Å². The molecule has 1 aliphatic rings. The van der Waals surface area contributed by atoms with Crippen LogP contribution >= 0.6 is 9.24 Å². The minimum absolute atomic E-state index is 0.0803. The van der Waals surface area contributed by atoms with E-state index in [2.05, 4.69) is 28.8 Å². The minimum atomic E-state index is -0.639. The number of allylic oxidation sites excluding steroid dienone is 2. The molecular formula is C31H29O4P. The van der Waals surface area contributed by atoms with Crippen LogP contribution in [-0.2, 0) is 0 Å². The Morgan fingerprint density at radius 3 is 2.19 bits per heavy atom. The van der Waals surface area contributed by atoms with Gasteiger partial charge in [0, 0.05) is 17.1 Å². The van der Waals surface area contributed by atoms with Gasteiger partial charge in [-0.3, -0.25) is 0 Å². The normalized spacial score (nSPS) is 14.1. The molecule has 0 bridgehead atoms. The van der Waals surface area contributed by atoms with Gasteiger partial charge in [-0.15, -0.1) is 9.24 Å². The van der Waals surface area contributed by atoms with Crippen molar-refractivity contribution in [2.24, 2.45) is 0 Å². The Morgan fingerprint density at radius 2 is 1.50 bits per heavy atom. The standard InChI is InChI=1S/C31H29O4P/c1-15-11-23-19(5)27(20(6)34-25(23)13-17(15)3)28(21-7-9-22(36)10-8-21)29-30(32)24-12-16(2)18(4)14-26(24)35-31(29)33/h7-14,28,32H,6,36H2,1-5H3. The summed E-state index contributed by atoms with van der Waals surface area (Å²) in [4.78, 5) is 13.5. The van der Waals surface area contributed by atoms with E-state index in [1.165, 1.54) is 0 Å². The van der Waals surface area contributed by atoms with E-state index in [9.17, 15) is 9.90 Å². The van der Waals surface area contributed by atoms with Crippen molar-refractivity contribution in [2.75, 3.05) is 0 Å². The van der Waals surface area contributed by atoms with Gasteiger partial charge in [0.2, 0.25) is 0 Å². The van der Waals surface area contributed by atoms with Crippen molar-refractivity contribution in [3.8, 4) is 11.5 Å². The molecule has 36 heavy (non-hydrogen) atoms. The highest BCUT2D eigenvalue weighted by molar-refractivity contribution is 7.27. The molecule has 0 fully saturated rings. The van der Waals surface area contributed by atoms with E-state index in [0.717, 1.165) is 55.6 Å². The quantitative estimate of drug-likeness (QED) is 0.252. The van der Waals surface area contributed by atoms with Crippen molar-refractivity contribution in [2.45, 2.75) is 40.5 Å². The Morgan fingerprint density at radius 1 is 0.889 bits per heavy atom. The van der Waals surface area contributed by atoms with E-state index in [4.69, 9.17) is 9.15 Å². The van der Waals surface area contributed by atoms with Gasteiger partial charge in [0.1, 0.15) is 22.8 Å². The summed E-state index contributed by atoms with van der Waals surface area (Å²) < 4.78 is 12.0. The monoisotopic (exact) mass is 496 g/mol. The smallest absolute Gasteiger partial charge is 0.344 e. The van der Waals surface area contributed by atoms with Crippen LogP contribution in [0.3, 0.4) is 0 Å². The van der Waals surface area contributed by atoms with E-state index in [1.807, 2.05) is 64.1 Å². The molecule has 1 N–H and O–H groups in total. The fourth-order valence-corrected chi connectivity index (χ4v) is 5.16. The predicted octanol–water partition coefficient (Wildman–Crippen LogP) is 6.74. The summed E-state index contributed by atoms with van der Waals surface area (Å²) in [6, 6.07) is 15.6. The molecule has 0 spiro atoms. The van der Waals surface area contributed by atoms with Crippen molar-refractivity contribution in [1.82, 2.24) is 0 Å². The van der Waals surface area contributed by atoms with Crippen LogP contribution in [0.1, 0.15) is 51.8 Å². The van der Waals surface area contributed by atoms with Gasteiger partial charge in [-0.25, -0.2) is 4.79 Å². The fourth-order valence-electron chi connectivity index (χ4n) is 4.96. The molecule has 2 atom stereocenters. The molecule has 0 saturated heterocycles. The summed E-state index contributed by atoms with van der Waals surface area (Å²) in [5.74, 6) is 0.467. The van der Waals surface area contributed by atoms with Crippen molar-refractivity contribution in [3.63, 3.8) is 0 Å². The summed E-state index contributed by atoms with van der Waals surface area (Å²) in [5.41, 5.74) is 7.69. The maximum Gasteiger partial charge on any atom is 0.344 e. The number of rotatable bonds is 3. The topological polar surface area (TPSA) is 59.7 Å². The largest absolute Gasteiger partial charge is 0.507 e. The van der Waals surface area contributed by atoms with E-state index >= 15 is 0 Å². The Balaban J connectivity index is 1.86. The maximum absolute atomic E-state index is 13.5. The summed E-state index contributed by atoms with van der Waals surface area (Å²) in [5, 5.41) is 13.1. The zero-order valence-corrected chi connectivity index (χ0v) is 22.3. The Labute approximate surface area is 213 Å². The Kier molecular flexibility index (Phi) is 5.89. The lowest BCUT2D eigenvalue weighted by Gasteiger charge is -2.30. The Bertz CT molecular complexity index is 1660. The van der Waals surface area contributed by atoms with Gasteiger partial charge in [-0.2, -0.15) is 0 Å². The van der Waals surface area contributed by atoms with Crippen molar-refractivity contribution < 1.29 is 14.3 Å². The number of ether oxygens (including phenoxy) is 1. The van der Waals surface area contributed by atoms with Crippen LogP contribution in [-0.4, -0.2) is 5.11 Å². The van der Waals surface area contributed by atoms with Gasteiger partial charge >= 0.3 is 5.63 Å². The number of aromatic hydroxyl groups is 1. The minimum Gasteiger partial charge on any atom is -0.507 e. The molecule has 0 radical (unpaired) electrons. The lowest BCUT2D eigenvalue weighted by Crippen LogP contribution is -2.21. The van der Waals surface area contributed by atoms with Gasteiger partial charge in [-0.05, 0) is 97.6 Å². The third-order valence-corrected chi connectivity index (χ3v) is 7.70. The first kappa shape index (κ1) is 24.1. The molecule has 1 aliphatic heterocycles. The van der Waals surface area contributed by atoms with E-state index < -0.39 is 11.5 Å². The summed E-state index contributed by atoms with van der Waals surface area (Å²) in [6.07, 6.45) is 0. The number of benzene rings is 3. The second kappa shape index (κ2) is 8.80. The van der Waals surface area contributed by atoms with E-state index in [0.29, 0.717) is 16.7 Å². The molecule has 5 rings (SSSR count). The number of hydrogen-bond acceptors (Lipinski definition) is 4. The second-order valence-electron chi connectivity index (χ2n) is 9.68. The molecule has 182 valence electrons. The molecular weight excluding hydrogens is 467 g/mol. The van der Waals surface area contributed by atoms with Crippen LogP contribution in [0.25, 0.3) is 16.5 Å². The zero-order chi connectivity index (χ0) is 25.9. The van der Waals surface area contributed by atoms with Crippen molar-refractivity contribution >= 4 is 31.1 Å². The van der Waals surface area contributed by atoms with E-state index in [1.54, 1.807) is 6.07 Å². The number of aryl methyl sites for hydroxylation is 4. The zero-order valence-electron chi connectivity index (χ0n) is 21.2. The first-order valence-corrected chi connectivity index (χ1v) is 12.5. The van der Waals surface area contributed by atoms with Gasteiger partial charge in [0.05, 0.1) is 10.9 Å². The highest BCUT2D eigenvalue weighted by Gasteiger charge is 2.34. The van der Waals surface area contributed by atoms with Gasteiger partial charge in [-0.1, -0.05) is 30.8 Å². The molecule has 0 amide bonds. The maximum atomic E-state index is 13.5. The summed E-state index contributed by atoms with van der Waals surface area (Å²) in [6.45, 7) is 14.3. The number of fused-ring (bicyclic) bond motifs is 2. The predicted molar refractivity (Wildman–Crippen MR) is 150 cm³/mol. The van der Waals surface area contributed by atoms with Gasteiger partial charge < -0.3 is 14.3 Å². The molecule has 2 heterocycles. The summed E-state index contributed by atoms with van der Waals surface area (Å²) in [7, 11) is 2.67. The third kappa shape index (κ3) is 3.86. The lowest BCUT2D eigenvalue weighted by molar-refractivity contribution is 0.420. The molecule has 5 heteroatoms. The third-order valence-electron chi connectivity index (χ3n) is 7.31. The first-order valence-electron chi connectivity index (χ1n) is 11.9. The summed E-state index contributed by atoms with van der Waals surface area (Å²) >= 11 is 0. The molecule has 0 saturated carbocycles. The van der Waals surface area contributed by atoms with Crippen molar-refractivity contribution in [1.29, 1.82) is 0 Å². The molecule has 1 aromatic heterocycles. The van der Waals surface area contributed by atoms with Crippen LogP contribution in [0.5, 0.6) is 11.5 Å². The average Bonchev–Trinajstić information content (AvgIpc) is 2.82. The van der Waals surface area contributed by atoms with Crippen LogP contribution in [0, 0.1) is 27.7 Å². The molecule has 3 aromatic carbocycles. The van der Waals surface area contributed by atoms with Gasteiger partial charge in [0.25, 0.3) is 0 Å². The highest BCUT2D eigenvalue weighted by atomic mass is 31.0. The fraction of sp³-hybridized carbons (Fsp3) is 0.194. The molecule has 4 aromatic rings. The van der Waals surface area contributed by atoms with Crippen LogP contribution in [0.4, 0.5) is 0 Å². The van der Waals surface area contributed by atoms with Crippen LogP contribution < -0.4 is 15.7 Å². The van der Waals surface area contributed by atoms with Crippen LogP contribution in [0.2, 0.25) is 0 Å². The Hall–Kier alpha value is -3.62.